The number of anilines is 1. The topological polar surface area (TPSA) is 136 Å². The third-order valence-electron chi connectivity index (χ3n) is 5.96. The Morgan fingerprint density at radius 1 is 1.11 bits per heavy atom. The number of benzene rings is 2. The minimum Gasteiger partial charge on any atom is -0.477 e. The van der Waals surface area contributed by atoms with Gasteiger partial charge in [-0.1, -0.05) is 42.1 Å². The number of aromatic carboxylic acids is 1. The second-order valence-corrected chi connectivity index (χ2v) is 12.1. The molecule has 0 aliphatic carbocycles. The van der Waals surface area contributed by atoms with Gasteiger partial charge in [-0.05, 0) is 48.7 Å². The van der Waals surface area contributed by atoms with Crippen molar-refractivity contribution in [3.63, 3.8) is 0 Å². The number of fused-ring (bicyclic) bond motifs is 1. The van der Waals surface area contributed by atoms with E-state index < -0.39 is 20.6 Å². The fourth-order valence-electron chi connectivity index (χ4n) is 3.56. The molecule has 4 rings (SSSR count). The molecule has 0 saturated heterocycles. The van der Waals surface area contributed by atoms with Crippen LogP contribution >= 0.6 is 11.8 Å². The predicted molar refractivity (Wildman–Crippen MR) is 138 cm³/mol. The van der Waals surface area contributed by atoms with Gasteiger partial charge in [-0.2, -0.15) is 0 Å². The summed E-state index contributed by atoms with van der Waals surface area (Å²) in [6.45, 7) is 3.41. The third-order valence-corrected chi connectivity index (χ3v) is 8.98. The summed E-state index contributed by atoms with van der Waals surface area (Å²) >= 11 is 1.34. The number of carboxylic acid groups (broad SMARTS) is 1. The lowest BCUT2D eigenvalue weighted by atomic mass is 9.93. The maximum absolute atomic E-state index is 12.5. The van der Waals surface area contributed by atoms with Gasteiger partial charge in [0.2, 0.25) is 0 Å². The number of hydrogen-bond acceptors (Lipinski definition) is 8. The van der Waals surface area contributed by atoms with Crippen molar-refractivity contribution in [2.45, 2.75) is 29.5 Å². The number of nitrogen functional groups attached to an aromatic ring is 1. The number of thioether (sulfide) groups is 1. The molecule has 0 aliphatic heterocycles. The zero-order valence-corrected chi connectivity index (χ0v) is 21.0. The number of nitrogens with two attached hydrogens (primary N) is 1. The summed E-state index contributed by atoms with van der Waals surface area (Å²) in [7, 11) is -3.37. The molecule has 0 aliphatic rings. The van der Waals surface area contributed by atoms with Crippen LogP contribution in [0.5, 0.6) is 0 Å². The quantitative estimate of drug-likeness (QED) is 0.272. The molecule has 0 saturated carbocycles. The molecular weight excluding hydrogens is 484 g/mol. The average molecular weight is 509 g/mol. The number of pyridine rings is 1. The number of hydrogen-bond donors (Lipinski definition) is 2. The smallest absolute Gasteiger partial charge is 0.341 e. The number of sulfone groups is 1. The van der Waals surface area contributed by atoms with Crippen LogP contribution in [0, 0.1) is 0 Å². The molecule has 3 N–H and O–H groups in total. The van der Waals surface area contributed by atoms with E-state index in [2.05, 4.69) is 15.0 Å². The normalized spacial score (nSPS) is 12.1. The Hall–Kier alpha value is -3.50. The SMILES string of the molecule is CC(C)(c1cc(-c2cccc(CSc3ncc(C(=O)O)c(N)n3)c2)c2ncccc2c1)S(C)(=O)=O. The lowest BCUT2D eigenvalue weighted by Gasteiger charge is -2.24. The molecule has 2 aromatic carbocycles. The van der Waals surface area contributed by atoms with Crippen LogP contribution in [0.1, 0.15) is 35.3 Å². The first-order valence-corrected chi connectivity index (χ1v) is 13.5. The third kappa shape index (κ3) is 4.98. The van der Waals surface area contributed by atoms with Crippen molar-refractivity contribution in [2.24, 2.45) is 0 Å². The Morgan fingerprint density at radius 2 is 1.89 bits per heavy atom. The van der Waals surface area contributed by atoms with Crippen LogP contribution in [0.2, 0.25) is 0 Å². The fourth-order valence-corrected chi connectivity index (χ4v) is 4.87. The van der Waals surface area contributed by atoms with Gasteiger partial charge in [-0.3, -0.25) is 4.98 Å². The van der Waals surface area contributed by atoms with Crippen LogP contribution in [0.25, 0.3) is 22.0 Å². The molecule has 10 heteroatoms. The summed E-state index contributed by atoms with van der Waals surface area (Å²) in [5, 5.41) is 10.3. The van der Waals surface area contributed by atoms with Crippen LogP contribution < -0.4 is 5.73 Å². The van der Waals surface area contributed by atoms with Crippen molar-refractivity contribution in [1.82, 2.24) is 15.0 Å². The van der Waals surface area contributed by atoms with E-state index in [0.717, 1.165) is 27.6 Å². The first-order valence-electron chi connectivity index (χ1n) is 10.6. The van der Waals surface area contributed by atoms with Crippen molar-refractivity contribution < 1.29 is 18.3 Å². The summed E-state index contributed by atoms with van der Waals surface area (Å²) in [5.41, 5.74) is 9.80. The number of rotatable bonds is 7. The van der Waals surface area contributed by atoms with E-state index in [9.17, 15) is 13.2 Å². The zero-order chi connectivity index (χ0) is 25.4. The summed E-state index contributed by atoms with van der Waals surface area (Å²) in [6.07, 6.45) is 4.17. The molecule has 0 spiro atoms. The second kappa shape index (κ2) is 9.27. The molecule has 4 aromatic rings. The summed E-state index contributed by atoms with van der Waals surface area (Å²) in [6, 6.07) is 15.4. The Morgan fingerprint density at radius 3 is 2.57 bits per heavy atom. The fraction of sp³-hybridized carbons (Fsp3) is 0.200. The van der Waals surface area contributed by atoms with Gasteiger partial charge in [-0.15, -0.1) is 0 Å². The Balaban J connectivity index is 1.71. The summed E-state index contributed by atoms with van der Waals surface area (Å²) in [4.78, 5) is 23.8. The standard InChI is InChI=1S/C25H24N4O4S2/c1-25(2,35(3,32)33)18-11-17-8-5-9-27-21(17)19(12-18)16-7-4-6-15(10-16)14-34-24-28-13-20(23(30)31)22(26)29-24/h4-13H,14H2,1-3H3,(H,30,31)(H2,26,28,29). The van der Waals surface area contributed by atoms with E-state index in [-0.39, 0.29) is 11.4 Å². The van der Waals surface area contributed by atoms with E-state index in [1.165, 1.54) is 24.2 Å². The predicted octanol–water partition coefficient (Wildman–Crippen LogP) is 4.54. The van der Waals surface area contributed by atoms with Crippen molar-refractivity contribution in [3.05, 3.63) is 77.6 Å². The van der Waals surface area contributed by atoms with Crippen molar-refractivity contribution >= 4 is 44.3 Å². The highest BCUT2D eigenvalue weighted by molar-refractivity contribution is 7.98. The molecule has 2 heterocycles. The molecule has 0 atom stereocenters. The minimum absolute atomic E-state index is 0.0772. The van der Waals surface area contributed by atoms with Crippen molar-refractivity contribution in [2.75, 3.05) is 12.0 Å². The van der Waals surface area contributed by atoms with Crippen molar-refractivity contribution in [3.8, 4) is 11.1 Å². The highest BCUT2D eigenvalue weighted by atomic mass is 32.2. The molecule has 0 bridgehead atoms. The van der Waals surface area contributed by atoms with E-state index >= 15 is 0 Å². The molecule has 2 aromatic heterocycles. The lowest BCUT2D eigenvalue weighted by Crippen LogP contribution is -2.28. The Bertz CT molecular complexity index is 1550. The first kappa shape index (κ1) is 24.6. The average Bonchev–Trinajstić information content (AvgIpc) is 2.81. The molecule has 0 fully saturated rings. The number of carbonyl (C=O) groups is 1. The number of carboxylic acids is 1. The highest BCUT2D eigenvalue weighted by Crippen LogP contribution is 2.37. The number of aromatic nitrogens is 3. The van der Waals surface area contributed by atoms with E-state index in [1.54, 1.807) is 20.0 Å². The highest BCUT2D eigenvalue weighted by Gasteiger charge is 2.33. The van der Waals surface area contributed by atoms with Gasteiger partial charge >= 0.3 is 5.97 Å². The first-order chi connectivity index (χ1) is 16.5. The second-order valence-electron chi connectivity index (χ2n) is 8.63. The van der Waals surface area contributed by atoms with Gasteiger partial charge in [0.15, 0.2) is 15.0 Å². The van der Waals surface area contributed by atoms with Crippen LogP contribution in [0.4, 0.5) is 5.82 Å². The molecule has 0 unspecified atom stereocenters. The van der Waals surface area contributed by atoms with Gasteiger partial charge in [0.25, 0.3) is 0 Å². The van der Waals surface area contributed by atoms with Crippen LogP contribution in [-0.2, 0) is 20.3 Å². The minimum atomic E-state index is -3.37. The molecule has 0 amide bonds. The van der Waals surface area contributed by atoms with Crippen molar-refractivity contribution in [1.29, 1.82) is 0 Å². The molecule has 180 valence electrons. The van der Waals surface area contributed by atoms with Crippen LogP contribution in [-0.4, -0.2) is 40.7 Å². The Labute approximate surface area is 207 Å². The maximum atomic E-state index is 12.5. The van der Waals surface area contributed by atoms with E-state index in [0.29, 0.717) is 16.5 Å². The monoisotopic (exact) mass is 508 g/mol. The van der Waals surface area contributed by atoms with Gasteiger partial charge in [-0.25, -0.2) is 23.2 Å². The molecular formula is C25H24N4O4S2. The lowest BCUT2D eigenvalue weighted by molar-refractivity contribution is 0.0697. The maximum Gasteiger partial charge on any atom is 0.341 e. The van der Waals surface area contributed by atoms with E-state index in [1.807, 2.05) is 48.5 Å². The number of nitrogens with zero attached hydrogens (tertiary/aromatic N) is 3. The Kier molecular flexibility index (Phi) is 6.52. The van der Waals surface area contributed by atoms with Gasteiger partial charge in [0, 0.05) is 35.4 Å². The largest absolute Gasteiger partial charge is 0.477 e. The summed E-state index contributed by atoms with van der Waals surface area (Å²) in [5.74, 6) is -0.722. The van der Waals surface area contributed by atoms with Crippen LogP contribution in [0.3, 0.4) is 0 Å². The van der Waals surface area contributed by atoms with Gasteiger partial charge < -0.3 is 10.8 Å². The van der Waals surface area contributed by atoms with Gasteiger partial charge in [0.1, 0.15) is 11.4 Å². The van der Waals surface area contributed by atoms with Crippen LogP contribution in [0.15, 0.2) is 66.1 Å². The van der Waals surface area contributed by atoms with E-state index in [4.69, 9.17) is 10.8 Å². The molecule has 0 radical (unpaired) electrons. The van der Waals surface area contributed by atoms with Gasteiger partial charge in [0.05, 0.1) is 10.3 Å². The molecule has 8 nitrogen and oxygen atoms in total. The zero-order valence-electron chi connectivity index (χ0n) is 19.4. The molecule has 35 heavy (non-hydrogen) atoms. The summed E-state index contributed by atoms with van der Waals surface area (Å²) < 4.78 is 24.0.